The lowest BCUT2D eigenvalue weighted by Crippen LogP contribution is -2.43. The molecule has 2 aromatic carbocycles. The molecule has 0 bridgehead atoms. The average Bonchev–Trinajstić information content (AvgIpc) is 2.84. The van der Waals surface area contributed by atoms with E-state index in [-0.39, 0.29) is 0 Å². The molecule has 1 aliphatic rings. The maximum atomic E-state index is 13.4. The molecule has 1 amide bonds. The smallest absolute Gasteiger partial charge is 0.417 e. The summed E-state index contributed by atoms with van der Waals surface area (Å²) in [4.78, 5) is 27.4. The number of carbonyl (C=O) groups is 1. The number of alkyl halides is 3. The molecule has 0 saturated carbocycles. The van der Waals surface area contributed by atoms with Crippen LogP contribution in [0.2, 0.25) is 5.02 Å². The summed E-state index contributed by atoms with van der Waals surface area (Å²) in [5.41, 5.74) is 0.606. The molecule has 2 heterocycles. The molecule has 10 heteroatoms. The fraction of sp³-hybridized carbons (Fsp3) is 0.280. The average molecular weight is 507 g/mol. The number of aromatic nitrogens is 1. The van der Waals surface area contributed by atoms with Crippen LogP contribution in [-0.2, 0) is 23.9 Å². The zero-order valence-electron chi connectivity index (χ0n) is 18.9. The van der Waals surface area contributed by atoms with Crippen molar-refractivity contribution in [3.63, 3.8) is 0 Å². The highest BCUT2D eigenvalue weighted by Gasteiger charge is 2.35. The second-order valence-electron chi connectivity index (χ2n) is 8.06. The Balaban J connectivity index is 1.77. The van der Waals surface area contributed by atoms with Gasteiger partial charge in [0.2, 0.25) is 5.91 Å². The lowest BCUT2D eigenvalue weighted by Gasteiger charge is -2.38. The van der Waals surface area contributed by atoms with Crippen LogP contribution in [0.1, 0.15) is 28.3 Å². The first-order valence-corrected chi connectivity index (χ1v) is 11.1. The molecular formula is C25H22ClF3N2O4. The Labute approximate surface area is 204 Å². The van der Waals surface area contributed by atoms with Crippen LogP contribution in [-0.4, -0.2) is 36.1 Å². The van der Waals surface area contributed by atoms with Gasteiger partial charge in [-0.3, -0.25) is 9.59 Å². The van der Waals surface area contributed by atoms with E-state index < -0.39 is 40.8 Å². The Morgan fingerprint density at radius 1 is 1.09 bits per heavy atom. The van der Waals surface area contributed by atoms with Gasteiger partial charge in [-0.05, 0) is 41.3 Å². The van der Waals surface area contributed by atoms with Gasteiger partial charge in [0.15, 0.2) is 11.5 Å². The van der Waals surface area contributed by atoms with Crippen molar-refractivity contribution in [1.29, 1.82) is 0 Å². The number of halogens is 4. The molecule has 0 N–H and O–H groups in total. The van der Waals surface area contributed by atoms with E-state index >= 15 is 0 Å². The second kappa shape index (κ2) is 9.65. The molecule has 0 spiro atoms. The van der Waals surface area contributed by atoms with Crippen LogP contribution in [0.3, 0.4) is 0 Å². The van der Waals surface area contributed by atoms with Crippen molar-refractivity contribution < 1.29 is 27.4 Å². The quantitative estimate of drug-likeness (QED) is 0.503. The van der Waals surface area contributed by atoms with E-state index in [2.05, 4.69) is 0 Å². The Bertz CT molecular complexity index is 1310. The molecule has 1 aliphatic heterocycles. The molecular weight excluding hydrogens is 485 g/mol. The van der Waals surface area contributed by atoms with Crippen molar-refractivity contribution in [2.24, 2.45) is 0 Å². The number of pyridine rings is 1. The molecule has 1 atom stereocenters. The Morgan fingerprint density at radius 2 is 1.74 bits per heavy atom. The maximum absolute atomic E-state index is 13.4. The number of hydrogen-bond donors (Lipinski definition) is 0. The number of methoxy groups -OCH3 is 2. The number of rotatable bonds is 5. The fourth-order valence-electron chi connectivity index (χ4n) is 4.32. The highest BCUT2D eigenvalue weighted by Crippen LogP contribution is 2.41. The monoisotopic (exact) mass is 506 g/mol. The highest BCUT2D eigenvalue weighted by atomic mass is 35.5. The lowest BCUT2D eigenvalue weighted by molar-refractivity contribution is -0.139. The topological polar surface area (TPSA) is 60.8 Å². The van der Waals surface area contributed by atoms with Gasteiger partial charge < -0.3 is 18.9 Å². The van der Waals surface area contributed by atoms with Gasteiger partial charge in [0.05, 0.1) is 25.8 Å². The molecule has 0 saturated heterocycles. The van der Waals surface area contributed by atoms with Gasteiger partial charge in [0.25, 0.3) is 5.56 Å². The zero-order chi connectivity index (χ0) is 25.3. The van der Waals surface area contributed by atoms with Crippen molar-refractivity contribution in [1.82, 2.24) is 9.47 Å². The van der Waals surface area contributed by atoms with Crippen molar-refractivity contribution in [2.75, 3.05) is 20.8 Å². The predicted octanol–water partition coefficient (Wildman–Crippen LogP) is 4.71. The third kappa shape index (κ3) is 4.86. The predicted molar refractivity (Wildman–Crippen MR) is 124 cm³/mol. The largest absolute Gasteiger partial charge is 0.493 e. The van der Waals surface area contributed by atoms with E-state index in [0.717, 1.165) is 16.7 Å². The summed E-state index contributed by atoms with van der Waals surface area (Å²) in [6.07, 6.45) is -3.60. The van der Waals surface area contributed by atoms with E-state index in [4.69, 9.17) is 21.1 Å². The summed E-state index contributed by atoms with van der Waals surface area (Å²) in [5, 5.41) is -0.604. The van der Waals surface area contributed by atoms with Gasteiger partial charge in [0, 0.05) is 12.7 Å². The number of carbonyl (C=O) groups excluding carboxylic acids is 1. The Morgan fingerprint density at radius 3 is 2.37 bits per heavy atom. The van der Waals surface area contributed by atoms with Crippen LogP contribution in [0.5, 0.6) is 11.5 Å². The number of hydrogen-bond acceptors (Lipinski definition) is 4. The minimum absolute atomic E-state index is 0.294. The second-order valence-corrected chi connectivity index (χ2v) is 8.47. The third-order valence-electron chi connectivity index (χ3n) is 5.98. The number of nitrogens with zero attached hydrogens (tertiary/aromatic N) is 2. The molecule has 35 heavy (non-hydrogen) atoms. The summed E-state index contributed by atoms with van der Waals surface area (Å²) >= 11 is 5.76. The lowest BCUT2D eigenvalue weighted by atomic mass is 9.87. The van der Waals surface area contributed by atoms with Gasteiger partial charge in [-0.1, -0.05) is 41.9 Å². The van der Waals surface area contributed by atoms with Gasteiger partial charge in [-0.15, -0.1) is 0 Å². The van der Waals surface area contributed by atoms with Crippen LogP contribution < -0.4 is 15.0 Å². The van der Waals surface area contributed by atoms with E-state index in [9.17, 15) is 22.8 Å². The summed E-state index contributed by atoms with van der Waals surface area (Å²) in [6.45, 7) is -0.295. The first-order valence-electron chi connectivity index (χ1n) is 10.7. The van der Waals surface area contributed by atoms with Crippen molar-refractivity contribution in [3.8, 4) is 11.5 Å². The first kappa shape index (κ1) is 24.7. The summed E-state index contributed by atoms with van der Waals surface area (Å²) < 4.78 is 51.4. The first-order chi connectivity index (χ1) is 16.6. The summed E-state index contributed by atoms with van der Waals surface area (Å²) in [7, 11) is 3.05. The minimum atomic E-state index is -4.71. The number of amides is 1. The number of fused-ring (bicyclic) bond motifs is 1. The molecule has 0 fully saturated rings. The molecule has 4 rings (SSSR count). The van der Waals surface area contributed by atoms with Crippen molar-refractivity contribution in [3.05, 3.63) is 92.4 Å². The fourth-order valence-corrected chi connectivity index (χ4v) is 4.54. The van der Waals surface area contributed by atoms with Crippen LogP contribution in [0.25, 0.3) is 0 Å². The molecule has 184 valence electrons. The number of ether oxygens (including phenoxy) is 2. The SMILES string of the molecule is COc1cc2c(cc1OC)[C@@H](c1ccccc1)N(C(=O)Cn1cc(C(F)(F)F)cc(Cl)c1=O)CC2. The summed E-state index contributed by atoms with van der Waals surface area (Å²) in [5.74, 6) is 0.530. The standard InChI is InChI=1S/C25H22ClF3N2O4/c1-34-20-10-16-8-9-31(23(15-6-4-3-5-7-15)18(16)12-21(20)35-2)22(32)14-30-13-17(25(27,28)29)11-19(26)24(30)33/h3-7,10-13,23H,8-9,14H2,1-2H3/t23-/m1/s1. The molecule has 0 radical (unpaired) electrons. The Hall–Kier alpha value is -3.46. The van der Waals surface area contributed by atoms with Gasteiger partial charge in [0.1, 0.15) is 11.6 Å². The molecule has 0 unspecified atom stereocenters. The molecule has 6 nitrogen and oxygen atoms in total. The van der Waals surface area contributed by atoms with Gasteiger partial charge in [-0.2, -0.15) is 13.2 Å². The maximum Gasteiger partial charge on any atom is 0.417 e. The molecule has 0 aliphatic carbocycles. The van der Waals surface area contributed by atoms with E-state index in [0.29, 0.717) is 41.3 Å². The van der Waals surface area contributed by atoms with Gasteiger partial charge in [-0.25, -0.2) is 0 Å². The highest BCUT2D eigenvalue weighted by molar-refractivity contribution is 6.30. The minimum Gasteiger partial charge on any atom is -0.493 e. The third-order valence-corrected chi connectivity index (χ3v) is 6.26. The number of benzene rings is 2. The summed E-state index contributed by atoms with van der Waals surface area (Å²) in [6, 6.07) is 12.9. The molecule has 1 aromatic heterocycles. The Kier molecular flexibility index (Phi) is 6.80. The van der Waals surface area contributed by atoms with Crippen molar-refractivity contribution >= 4 is 17.5 Å². The van der Waals surface area contributed by atoms with E-state index in [1.165, 1.54) is 14.2 Å². The van der Waals surface area contributed by atoms with Crippen LogP contribution in [0.4, 0.5) is 13.2 Å². The van der Waals surface area contributed by atoms with Crippen LogP contribution >= 0.6 is 11.6 Å². The van der Waals surface area contributed by atoms with Crippen molar-refractivity contribution in [2.45, 2.75) is 25.2 Å². The van der Waals surface area contributed by atoms with E-state index in [1.807, 2.05) is 36.4 Å². The molecule has 3 aromatic rings. The van der Waals surface area contributed by atoms with Gasteiger partial charge >= 0.3 is 6.18 Å². The zero-order valence-corrected chi connectivity index (χ0v) is 19.7. The normalized spacial score (nSPS) is 15.5. The van der Waals surface area contributed by atoms with E-state index in [1.54, 1.807) is 11.0 Å². The van der Waals surface area contributed by atoms with Crippen LogP contribution in [0, 0.1) is 0 Å². The van der Waals surface area contributed by atoms with Crippen LogP contribution in [0.15, 0.2) is 59.5 Å².